The van der Waals surface area contributed by atoms with Crippen LogP contribution in [0.3, 0.4) is 0 Å². The summed E-state index contributed by atoms with van der Waals surface area (Å²) in [5.41, 5.74) is 0.454. The van der Waals surface area contributed by atoms with Crippen LogP contribution in [0, 0.1) is 0 Å². The van der Waals surface area contributed by atoms with Gasteiger partial charge in [-0.3, -0.25) is 0 Å². The first-order valence-electron chi connectivity index (χ1n) is 9.65. The van der Waals surface area contributed by atoms with Crippen LogP contribution in [0.5, 0.6) is 5.75 Å². The van der Waals surface area contributed by atoms with Crippen LogP contribution in [0.4, 0.5) is 0 Å². The molecule has 1 aromatic rings. The fourth-order valence-corrected chi connectivity index (χ4v) is 1.54. The Balaban J connectivity index is 0. The van der Waals surface area contributed by atoms with E-state index in [1.54, 1.807) is 45.0 Å². The average molecular weight is 462 g/mol. The van der Waals surface area contributed by atoms with Crippen molar-refractivity contribution in [2.75, 3.05) is 20.3 Å². The molecule has 33 heavy (non-hydrogen) atoms. The van der Waals surface area contributed by atoms with E-state index in [1.807, 2.05) is 6.07 Å². The van der Waals surface area contributed by atoms with E-state index in [4.69, 9.17) is 14.6 Å². The van der Waals surface area contributed by atoms with E-state index in [0.717, 1.165) is 24.5 Å². The molecule has 0 saturated carbocycles. The summed E-state index contributed by atoms with van der Waals surface area (Å²) in [5, 5.41) is 8.55. The second-order valence-corrected chi connectivity index (χ2v) is 5.62. The summed E-state index contributed by atoms with van der Waals surface area (Å²) in [7, 11) is 1.33. The van der Waals surface area contributed by atoms with Crippen LogP contribution in [-0.4, -0.2) is 49.3 Å². The minimum atomic E-state index is -1.16. The molecule has 0 saturated heterocycles. The van der Waals surface area contributed by atoms with E-state index in [-0.39, 0.29) is 24.1 Å². The van der Waals surface area contributed by atoms with Gasteiger partial charge in [0.15, 0.2) is 0 Å². The Morgan fingerprint density at radius 2 is 1.55 bits per heavy atom. The maximum Gasteiger partial charge on any atom is 0.341 e. The molecule has 0 heterocycles. The normalized spacial score (nSPS) is 9.76. The molecule has 1 aromatic carbocycles. The summed E-state index contributed by atoms with van der Waals surface area (Å²) in [6.07, 6.45) is 4.27. The number of esters is 3. The highest BCUT2D eigenvalue weighted by Gasteiger charge is 2.08. The van der Waals surface area contributed by atoms with Gasteiger partial charge in [-0.25, -0.2) is 19.2 Å². The Labute approximate surface area is 193 Å². The Kier molecular flexibility index (Phi) is 18.6. The molecule has 0 spiro atoms. The molecule has 0 bridgehead atoms. The molecular weight excluding hydrogens is 432 g/mol. The third-order valence-electron chi connectivity index (χ3n) is 2.97. The molecule has 0 aliphatic carbocycles. The monoisotopic (exact) mass is 462 g/mol. The van der Waals surface area contributed by atoms with Crippen molar-refractivity contribution in [1.82, 2.24) is 0 Å². The number of carbonyl (C=O) groups is 4. The smallest absolute Gasteiger partial charge is 0.341 e. The molecule has 0 aliphatic heterocycles. The Morgan fingerprint density at radius 1 is 0.970 bits per heavy atom. The highest BCUT2D eigenvalue weighted by molar-refractivity contribution is 5.93. The second-order valence-electron chi connectivity index (χ2n) is 5.62. The molecular formula is C24H30O9. The van der Waals surface area contributed by atoms with Crippen molar-refractivity contribution in [3.05, 3.63) is 79.1 Å². The highest BCUT2D eigenvalue weighted by Crippen LogP contribution is 2.11. The third-order valence-corrected chi connectivity index (χ3v) is 2.97. The van der Waals surface area contributed by atoms with Gasteiger partial charge in [0.25, 0.3) is 0 Å². The minimum absolute atomic E-state index is 0.0214. The molecule has 0 aliphatic rings. The van der Waals surface area contributed by atoms with Crippen LogP contribution in [-0.2, 0) is 33.4 Å². The van der Waals surface area contributed by atoms with Crippen LogP contribution in [0.15, 0.2) is 79.1 Å². The van der Waals surface area contributed by atoms with Gasteiger partial charge in [-0.15, -0.1) is 0 Å². The molecule has 0 aromatic heterocycles. The molecule has 9 heteroatoms. The number of carbonyl (C=O) groups excluding carboxylic acids is 3. The van der Waals surface area contributed by atoms with E-state index >= 15 is 0 Å². The summed E-state index contributed by atoms with van der Waals surface area (Å²) in [6, 6.07) is 8.80. The lowest BCUT2D eigenvalue weighted by Gasteiger charge is -2.04. The summed E-state index contributed by atoms with van der Waals surface area (Å²) in [5.74, 6) is -1.97. The topological polar surface area (TPSA) is 125 Å². The summed E-state index contributed by atoms with van der Waals surface area (Å²) < 4.78 is 18.8. The fraction of sp³-hybridized carbons (Fsp3) is 0.250. The maximum absolute atomic E-state index is 11.6. The van der Waals surface area contributed by atoms with E-state index < -0.39 is 11.9 Å². The Hall–Kier alpha value is -4.14. The van der Waals surface area contributed by atoms with Crippen LogP contribution < -0.4 is 4.74 Å². The Morgan fingerprint density at radius 3 is 1.91 bits per heavy atom. The molecule has 0 radical (unpaired) electrons. The number of benzene rings is 1. The first-order chi connectivity index (χ1) is 15.6. The zero-order chi connectivity index (χ0) is 25.6. The standard InChI is InChI=1S/C14H14O5.2C5H8O2/c1-2-18-14(17)11(8-9-13(15)16)10-19-12-6-4-3-5-7-12;1-4(2)5(6)7-3;1-3-5(6)7-4-2/h3-10H,2H2,1H3,(H,15,16);1H2,2-3H3;3H,1,4H2,2H3. The average Bonchev–Trinajstić information content (AvgIpc) is 2.80. The van der Waals surface area contributed by atoms with Gasteiger partial charge in [0.05, 0.1) is 25.9 Å². The van der Waals surface area contributed by atoms with Crippen molar-refractivity contribution < 1.29 is 43.2 Å². The first kappa shape index (κ1) is 31.0. The van der Waals surface area contributed by atoms with Crippen LogP contribution in [0.2, 0.25) is 0 Å². The van der Waals surface area contributed by atoms with Gasteiger partial charge < -0.3 is 24.1 Å². The van der Waals surface area contributed by atoms with Crippen LogP contribution >= 0.6 is 0 Å². The van der Waals surface area contributed by atoms with Gasteiger partial charge in [-0.05, 0) is 39.0 Å². The molecule has 1 N–H and O–H groups in total. The van der Waals surface area contributed by atoms with Crippen molar-refractivity contribution in [2.24, 2.45) is 0 Å². The second kappa shape index (κ2) is 19.8. The fourth-order valence-electron chi connectivity index (χ4n) is 1.54. The number of hydrogen-bond donors (Lipinski definition) is 1. The van der Waals surface area contributed by atoms with Crippen LogP contribution in [0.1, 0.15) is 20.8 Å². The van der Waals surface area contributed by atoms with Crippen molar-refractivity contribution in [3.63, 3.8) is 0 Å². The number of carboxylic acids is 1. The number of aliphatic carboxylic acids is 1. The summed E-state index contributed by atoms with van der Waals surface area (Å²) in [4.78, 5) is 42.3. The number of hydrogen-bond acceptors (Lipinski definition) is 8. The number of carboxylic acid groups (broad SMARTS) is 1. The van der Waals surface area contributed by atoms with E-state index in [2.05, 4.69) is 22.6 Å². The Bertz CT molecular complexity index is 835. The van der Waals surface area contributed by atoms with E-state index in [9.17, 15) is 19.2 Å². The first-order valence-corrected chi connectivity index (χ1v) is 9.65. The number of para-hydroxylation sites is 1. The van der Waals surface area contributed by atoms with Gasteiger partial charge in [-0.1, -0.05) is 31.4 Å². The molecule has 0 atom stereocenters. The van der Waals surface area contributed by atoms with Crippen molar-refractivity contribution in [3.8, 4) is 5.75 Å². The van der Waals surface area contributed by atoms with Crippen molar-refractivity contribution in [1.29, 1.82) is 0 Å². The predicted molar refractivity (Wildman–Crippen MR) is 122 cm³/mol. The molecule has 0 amide bonds. The highest BCUT2D eigenvalue weighted by atomic mass is 16.5. The SMILES string of the molecule is C=C(C)C(=O)OC.C=CC(=O)OCC.CCOC(=O)C(C=CC(=O)O)=COc1ccccc1. The molecule has 0 fully saturated rings. The van der Waals surface area contributed by atoms with Crippen LogP contribution in [0.25, 0.3) is 0 Å². The maximum atomic E-state index is 11.6. The lowest BCUT2D eigenvalue weighted by Crippen LogP contribution is -2.07. The largest absolute Gasteiger partial charge is 0.478 e. The van der Waals surface area contributed by atoms with Gasteiger partial charge in [0.1, 0.15) is 12.0 Å². The number of rotatable bonds is 9. The van der Waals surface area contributed by atoms with Gasteiger partial charge >= 0.3 is 23.9 Å². The van der Waals surface area contributed by atoms with Gasteiger partial charge in [-0.2, -0.15) is 0 Å². The third kappa shape index (κ3) is 18.4. The van der Waals surface area contributed by atoms with Gasteiger partial charge in [0.2, 0.25) is 0 Å². The lowest BCUT2D eigenvalue weighted by atomic mass is 10.2. The van der Waals surface area contributed by atoms with E-state index in [1.165, 1.54) is 7.11 Å². The summed E-state index contributed by atoms with van der Waals surface area (Å²) >= 11 is 0. The quantitative estimate of drug-likeness (QED) is 0.192. The zero-order valence-electron chi connectivity index (χ0n) is 19.2. The zero-order valence-corrected chi connectivity index (χ0v) is 19.2. The van der Waals surface area contributed by atoms with Crippen molar-refractivity contribution in [2.45, 2.75) is 20.8 Å². The summed E-state index contributed by atoms with van der Waals surface area (Å²) in [6.45, 7) is 12.2. The molecule has 9 nitrogen and oxygen atoms in total. The molecule has 0 unspecified atom stereocenters. The van der Waals surface area contributed by atoms with E-state index in [0.29, 0.717) is 17.9 Å². The number of methoxy groups -OCH3 is 1. The molecule has 180 valence electrons. The molecule has 1 rings (SSSR count). The predicted octanol–water partition coefficient (Wildman–Crippen LogP) is 3.62. The minimum Gasteiger partial charge on any atom is -0.478 e. The number of ether oxygens (including phenoxy) is 4. The lowest BCUT2D eigenvalue weighted by molar-refractivity contribution is -0.138. The van der Waals surface area contributed by atoms with Crippen molar-refractivity contribution >= 4 is 23.9 Å². The van der Waals surface area contributed by atoms with Gasteiger partial charge in [0, 0.05) is 17.7 Å².